The van der Waals surface area contributed by atoms with Crippen LogP contribution >= 0.6 is 0 Å². The molecule has 1 aromatic carbocycles. The van der Waals surface area contributed by atoms with E-state index in [4.69, 9.17) is 10.5 Å². The highest BCUT2D eigenvalue weighted by Crippen LogP contribution is 2.33. The Labute approximate surface area is 182 Å². The highest BCUT2D eigenvalue weighted by molar-refractivity contribution is 5.76. The lowest BCUT2D eigenvalue weighted by molar-refractivity contribution is -0.274. The molecule has 2 atom stereocenters. The van der Waals surface area contributed by atoms with Crippen LogP contribution < -0.4 is 15.8 Å². The smallest absolute Gasteiger partial charge is 0.406 e. The van der Waals surface area contributed by atoms with Gasteiger partial charge in [0.05, 0.1) is 12.6 Å². The summed E-state index contributed by atoms with van der Waals surface area (Å²) in [5.74, 6) is -1.59. The molecule has 0 unspecified atom stereocenters. The predicted molar refractivity (Wildman–Crippen MR) is 105 cm³/mol. The number of rotatable bonds is 7. The fourth-order valence-corrected chi connectivity index (χ4v) is 4.03. The van der Waals surface area contributed by atoms with Crippen molar-refractivity contribution in [3.05, 3.63) is 29.6 Å². The zero-order valence-corrected chi connectivity index (χ0v) is 17.5. The number of benzene rings is 1. The molecule has 0 radical (unpaired) electrons. The topological polar surface area (TPSA) is 97.1 Å². The molecule has 4 amide bonds. The summed E-state index contributed by atoms with van der Waals surface area (Å²) in [5, 5.41) is 2.64. The Bertz CT molecular complexity index is 834. The molecular weight excluding hydrogens is 436 g/mol. The van der Waals surface area contributed by atoms with Crippen LogP contribution in [-0.4, -0.2) is 67.1 Å². The average Bonchev–Trinajstić information content (AvgIpc) is 3.51. The van der Waals surface area contributed by atoms with Crippen molar-refractivity contribution < 1.29 is 36.6 Å². The maximum atomic E-state index is 14.2. The van der Waals surface area contributed by atoms with Gasteiger partial charge in [0, 0.05) is 50.3 Å². The van der Waals surface area contributed by atoms with Crippen LogP contribution in [0.3, 0.4) is 0 Å². The lowest BCUT2D eigenvalue weighted by atomic mass is 9.94. The molecule has 0 spiro atoms. The molecule has 32 heavy (non-hydrogen) atoms. The van der Waals surface area contributed by atoms with Crippen molar-refractivity contribution in [1.29, 1.82) is 0 Å². The molecule has 178 valence electrons. The number of hydrogen-bond donors (Lipinski definition) is 2. The molecule has 0 aromatic heterocycles. The van der Waals surface area contributed by atoms with Gasteiger partial charge in [-0.15, -0.1) is 13.2 Å². The van der Waals surface area contributed by atoms with Gasteiger partial charge >= 0.3 is 18.4 Å². The number of methoxy groups -OCH3 is 1. The first-order valence-electron chi connectivity index (χ1n) is 10.2. The number of ether oxygens (including phenoxy) is 2. The van der Waals surface area contributed by atoms with E-state index in [1.807, 2.05) is 0 Å². The van der Waals surface area contributed by atoms with Crippen molar-refractivity contribution >= 4 is 12.1 Å². The Morgan fingerprint density at radius 1 is 1.25 bits per heavy atom. The second-order valence-corrected chi connectivity index (χ2v) is 8.05. The van der Waals surface area contributed by atoms with Crippen molar-refractivity contribution in [3.63, 3.8) is 0 Å². The summed E-state index contributed by atoms with van der Waals surface area (Å²) < 4.78 is 59.9. The summed E-state index contributed by atoms with van der Waals surface area (Å²) in [6, 6.07) is 1.44. The summed E-state index contributed by atoms with van der Waals surface area (Å²) in [4.78, 5) is 27.9. The fraction of sp³-hybridized carbons (Fsp3) is 0.600. The van der Waals surface area contributed by atoms with Gasteiger partial charge in [-0.3, -0.25) is 0 Å². The first kappa shape index (κ1) is 23.9. The number of halogens is 4. The zero-order chi connectivity index (χ0) is 23.5. The molecule has 2 fully saturated rings. The largest absolute Gasteiger partial charge is 0.573 e. The van der Waals surface area contributed by atoms with Crippen molar-refractivity contribution in [2.24, 2.45) is 11.7 Å². The van der Waals surface area contributed by atoms with Crippen molar-refractivity contribution in [3.8, 4) is 5.75 Å². The van der Waals surface area contributed by atoms with E-state index in [2.05, 4.69) is 10.1 Å². The zero-order valence-electron chi connectivity index (χ0n) is 17.5. The molecular formula is C20H26F4N4O4. The number of amides is 4. The van der Waals surface area contributed by atoms with Gasteiger partial charge in [-0.25, -0.2) is 14.0 Å². The minimum atomic E-state index is -4.92. The number of nitrogens with two attached hydrogens (primary N) is 1. The second-order valence-electron chi connectivity index (χ2n) is 8.05. The third-order valence-corrected chi connectivity index (χ3v) is 5.49. The molecule has 2 aliphatic rings. The first-order valence-corrected chi connectivity index (χ1v) is 10.2. The number of nitrogens with zero attached hydrogens (tertiary/aromatic N) is 2. The Morgan fingerprint density at radius 3 is 2.53 bits per heavy atom. The lowest BCUT2D eigenvalue weighted by Crippen LogP contribution is -2.58. The maximum Gasteiger partial charge on any atom is 0.573 e. The van der Waals surface area contributed by atoms with E-state index in [1.165, 1.54) is 4.90 Å². The number of carbonyl (C=O) groups is 2. The van der Waals surface area contributed by atoms with E-state index in [0.717, 1.165) is 25.0 Å². The molecule has 12 heteroatoms. The van der Waals surface area contributed by atoms with E-state index in [9.17, 15) is 27.2 Å². The van der Waals surface area contributed by atoms with Crippen molar-refractivity contribution in [2.75, 3.05) is 26.8 Å². The highest BCUT2D eigenvalue weighted by Gasteiger charge is 2.41. The maximum absolute atomic E-state index is 14.2. The van der Waals surface area contributed by atoms with Crippen LogP contribution in [0.2, 0.25) is 0 Å². The van der Waals surface area contributed by atoms with Gasteiger partial charge in [-0.1, -0.05) is 6.07 Å². The van der Waals surface area contributed by atoms with Gasteiger partial charge in [-0.2, -0.15) is 0 Å². The van der Waals surface area contributed by atoms with Gasteiger partial charge in [0.15, 0.2) is 0 Å². The monoisotopic (exact) mass is 462 g/mol. The lowest BCUT2D eigenvalue weighted by Gasteiger charge is -2.42. The number of urea groups is 2. The molecule has 8 nitrogen and oxygen atoms in total. The molecule has 1 aliphatic heterocycles. The van der Waals surface area contributed by atoms with E-state index in [-0.39, 0.29) is 36.7 Å². The normalized spacial score (nSPS) is 21.2. The Balaban J connectivity index is 1.66. The predicted octanol–water partition coefficient (Wildman–Crippen LogP) is 2.81. The van der Waals surface area contributed by atoms with Crippen LogP contribution in [0, 0.1) is 11.7 Å². The minimum Gasteiger partial charge on any atom is -0.406 e. The number of piperidine rings is 1. The van der Waals surface area contributed by atoms with Gasteiger partial charge in [0.1, 0.15) is 11.6 Å². The molecule has 1 aromatic rings. The average molecular weight is 462 g/mol. The molecule has 0 bridgehead atoms. The standard InChI is InChI=1S/C20H26F4N4O4/c1-31-11-12-6-15(10-27(9-12)18(25)29)28(14-3-4-14)19(30)26-8-13-2-5-16(7-17(13)21)32-20(22,23)24/h2,5,7,12,14-15H,3-4,6,8-11H2,1H3,(H2,25,29)(H,26,30)/t12-,15+/m0/s1. The van der Waals surface area contributed by atoms with Crippen LogP contribution in [-0.2, 0) is 11.3 Å². The quantitative estimate of drug-likeness (QED) is 0.609. The fourth-order valence-electron chi connectivity index (χ4n) is 4.03. The summed E-state index contributed by atoms with van der Waals surface area (Å²) in [6.45, 7) is 0.931. The number of hydrogen-bond acceptors (Lipinski definition) is 4. The molecule has 1 saturated carbocycles. The van der Waals surface area contributed by atoms with Crippen LogP contribution in [0.4, 0.5) is 27.2 Å². The van der Waals surface area contributed by atoms with Crippen LogP contribution in [0.25, 0.3) is 0 Å². The van der Waals surface area contributed by atoms with E-state index in [0.29, 0.717) is 25.6 Å². The van der Waals surface area contributed by atoms with E-state index < -0.39 is 30.0 Å². The summed E-state index contributed by atoms with van der Waals surface area (Å²) >= 11 is 0. The van der Waals surface area contributed by atoms with Gasteiger partial charge in [-0.05, 0) is 25.3 Å². The first-order chi connectivity index (χ1) is 15.1. The number of carbonyl (C=O) groups excluding carboxylic acids is 2. The Morgan fingerprint density at radius 2 is 1.97 bits per heavy atom. The van der Waals surface area contributed by atoms with Crippen LogP contribution in [0.5, 0.6) is 5.75 Å². The minimum absolute atomic E-state index is 0.00318. The number of likely N-dealkylation sites (tertiary alicyclic amines) is 1. The van der Waals surface area contributed by atoms with E-state index >= 15 is 0 Å². The molecule has 3 rings (SSSR count). The van der Waals surface area contributed by atoms with Gasteiger partial charge in [0.2, 0.25) is 0 Å². The summed E-state index contributed by atoms with van der Waals surface area (Å²) in [7, 11) is 1.56. The van der Waals surface area contributed by atoms with Gasteiger partial charge in [0.25, 0.3) is 0 Å². The number of primary amides is 1. The third-order valence-electron chi connectivity index (χ3n) is 5.49. The molecule has 3 N–H and O–H groups in total. The van der Waals surface area contributed by atoms with Crippen molar-refractivity contribution in [1.82, 2.24) is 15.1 Å². The van der Waals surface area contributed by atoms with Crippen LogP contribution in [0.15, 0.2) is 18.2 Å². The SMILES string of the molecule is COC[C@H]1C[C@@H](N(C(=O)NCc2ccc(OC(F)(F)F)cc2F)C2CC2)CN(C(N)=O)C1. The number of alkyl halides is 3. The number of nitrogens with one attached hydrogen (secondary N) is 1. The van der Waals surface area contributed by atoms with Crippen molar-refractivity contribution in [2.45, 2.75) is 44.3 Å². The summed E-state index contributed by atoms with van der Waals surface area (Å²) in [5.41, 5.74) is 5.48. The Kier molecular flexibility index (Phi) is 7.32. The van der Waals surface area contributed by atoms with Crippen LogP contribution in [0.1, 0.15) is 24.8 Å². The summed E-state index contributed by atoms with van der Waals surface area (Å²) in [6.07, 6.45) is -2.67. The second kappa shape index (κ2) is 9.80. The molecule has 1 aliphatic carbocycles. The molecule has 1 heterocycles. The third kappa shape index (κ3) is 6.38. The highest BCUT2D eigenvalue weighted by atomic mass is 19.4. The van der Waals surface area contributed by atoms with E-state index in [1.54, 1.807) is 12.0 Å². The molecule has 1 saturated heterocycles. The Hall–Kier alpha value is -2.76. The van der Waals surface area contributed by atoms with Gasteiger partial charge < -0.3 is 30.3 Å².